The number of carbonyl (C=O) groups is 1. The molecule has 4 heteroatoms. The van der Waals surface area contributed by atoms with E-state index in [0.29, 0.717) is 11.4 Å². The SMILES string of the molecule is O=C(Oc1cccc2ccccc12)c1ccccn1.[Ir]. The Morgan fingerprint density at radius 2 is 1.65 bits per heavy atom. The molecule has 0 unspecified atom stereocenters. The first-order valence-electron chi connectivity index (χ1n) is 5.95. The predicted octanol–water partition coefficient (Wildman–Crippen LogP) is 3.45. The molecule has 0 atom stereocenters. The van der Waals surface area contributed by atoms with E-state index in [1.165, 1.54) is 0 Å². The van der Waals surface area contributed by atoms with Crippen LogP contribution in [-0.4, -0.2) is 11.0 Å². The molecular formula is C16H11IrNO2. The number of hydrogen-bond donors (Lipinski definition) is 0. The molecule has 1 aromatic heterocycles. The van der Waals surface area contributed by atoms with Gasteiger partial charge in [0.1, 0.15) is 11.4 Å². The number of aromatic nitrogens is 1. The maximum atomic E-state index is 12.0. The van der Waals surface area contributed by atoms with Crippen molar-refractivity contribution in [1.29, 1.82) is 0 Å². The zero-order chi connectivity index (χ0) is 13.1. The third-order valence-electron chi connectivity index (χ3n) is 2.83. The second-order valence-electron chi connectivity index (χ2n) is 4.08. The van der Waals surface area contributed by atoms with E-state index in [0.717, 1.165) is 10.8 Å². The molecule has 3 nitrogen and oxygen atoms in total. The van der Waals surface area contributed by atoms with E-state index in [9.17, 15) is 4.79 Å². The monoisotopic (exact) mass is 442 g/mol. The summed E-state index contributed by atoms with van der Waals surface area (Å²) in [4.78, 5) is 16.0. The number of hydrogen-bond acceptors (Lipinski definition) is 3. The minimum absolute atomic E-state index is 0. The average molecular weight is 441 g/mol. The van der Waals surface area contributed by atoms with Gasteiger partial charge in [-0.15, -0.1) is 0 Å². The van der Waals surface area contributed by atoms with Gasteiger partial charge in [0, 0.05) is 31.7 Å². The van der Waals surface area contributed by atoms with E-state index in [2.05, 4.69) is 4.98 Å². The summed E-state index contributed by atoms with van der Waals surface area (Å²) in [7, 11) is 0. The van der Waals surface area contributed by atoms with Gasteiger partial charge in [0.05, 0.1) is 0 Å². The van der Waals surface area contributed by atoms with Crippen LogP contribution in [0.3, 0.4) is 0 Å². The number of benzene rings is 2. The number of esters is 1. The number of nitrogens with zero attached hydrogens (tertiary/aromatic N) is 1. The molecule has 0 amide bonds. The van der Waals surface area contributed by atoms with E-state index in [4.69, 9.17) is 4.74 Å². The van der Waals surface area contributed by atoms with Crippen LogP contribution in [0, 0.1) is 0 Å². The Kier molecular flexibility index (Phi) is 4.61. The fraction of sp³-hybridized carbons (Fsp3) is 0. The van der Waals surface area contributed by atoms with Crippen molar-refractivity contribution in [1.82, 2.24) is 4.98 Å². The Labute approximate surface area is 130 Å². The number of ether oxygens (including phenoxy) is 1. The van der Waals surface area contributed by atoms with Crippen LogP contribution in [0.1, 0.15) is 10.5 Å². The van der Waals surface area contributed by atoms with Crippen LogP contribution in [0.5, 0.6) is 5.75 Å². The van der Waals surface area contributed by atoms with Crippen molar-refractivity contribution in [3.05, 3.63) is 72.6 Å². The van der Waals surface area contributed by atoms with Gasteiger partial charge in [-0.3, -0.25) is 0 Å². The van der Waals surface area contributed by atoms with Gasteiger partial charge >= 0.3 is 5.97 Å². The summed E-state index contributed by atoms with van der Waals surface area (Å²) in [5.74, 6) is 0.103. The van der Waals surface area contributed by atoms with Crippen LogP contribution >= 0.6 is 0 Å². The molecule has 0 spiro atoms. The Morgan fingerprint density at radius 1 is 0.900 bits per heavy atom. The molecule has 20 heavy (non-hydrogen) atoms. The summed E-state index contributed by atoms with van der Waals surface area (Å²) in [6.07, 6.45) is 1.57. The number of pyridine rings is 1. The second kappa shape index (κ2) is 6.42. The maximum Gasteiger partial charge on any atom is 0.362 e. The average Bonchev–Trinajstić information content (AvgIpc) is 2.48. The van der Waals surface area contributed by atoms with Gasteiger partial charge in [0.15, 0.2) is 0 Å². The van der Waals surface area contributed by atoms with Crippen molar-refractivity contribution >= 4 is 16.7 Å². The first-order valence-corrected chi connectivity index (χ1v) is 5.95. The van der Waals surface area contributed by atoms with Crippen molar-refractivity contribution in [2.24, 2.45) is 0 Å². The van der Waals surface area contributed by atoms with Gasteiger partial charge in [-0.25, -0.2) is 9.78 Å². The van der Waals surface area contributed by atoms with Crippen LogP contribution in [0.25, 0.3) is 10.8 Å². The van der Waals surface area contributed by atoms with E-state index >= 15 is 0 Å². The molecule has 0 saturated carbocycles. The Morgan fingerprint density at radius 3 is 2.45 bits per heavy atom. The maximum absolute atomic E-state index is 12.0. The van der Waals surface area contributed by atoms with Crippen molar-refractivity contribution < 1.29 is 29.6 Å². The minimum atomic E-state index is -0.447. The zero-order valence-electron chi connectivity index (χ0n) is 10.4. The molecule has 0 bridgehead atoms. The standard InChI is InChI=1S/C16H11NO2.Ir/c18-16(14-9-3-4-11-17-14)19-15-10-5-7-12-6-1-2-8-13(12)15;/h1-11H;. The van der Waals surface area contributed by atoms with E-state index in [-0.39, 0.29) is 20.1 Å². The molecule has 2 aromatic carbocycles. The van der Waals surface area contributed by atoms with Crippen LogP contribution < -0.4 is 4.74 Å². The Hall–Kier alpha value is -2.03. The number of rotatable bonds is 2. The molecule has 3 rings (SSSR count). The fourth-order valence-corrected chi connectivity index (χ4v) is 1.92. The van der Waals surface area contributed by atoms with Gasteiger partial charge in [0.2, 0.25) is 0 Å². The molecule has 1 radical (unpaired) electrons. The minimum Gasteiger partial charge on any atom is -0.421 e. The van der Waals surface area contributed by atoms with Gasteiger partial charge in [-0.05, 0) is 23.6 Å². The quantitative estimate of drug-likeness (QED) is 0.452. The summed E-state index contributed by atoms with van der Waals surface area (Å²) < 4.78 is 5.41. The predicted molar refractivity (Wildman–Crippen MR) is 73.1 cm³/mol. The van der Waals surface area contributed by atoms with Crippen molar-refractivity contribution in [2.75, 3.05) is 0 Å². The first kappa shape index (κ1) is 14.4. The fourth-order valence-electron chi connectivity index (χ4n) is 1.92. The normalized spacial score (nSPS) is 9.80. The molecule has 0 N–H and O–H groups in total. The molecule has 0 aliphatic carbocycles. The van der Waals surface area contributed by atoms with Crippen LogP contribution in [-0.2, 0) is 20.1 Å². The molecule has 0 saturated heterocycles. The van der Waals surface area contributed by atoms with Gasteiger partial charge in [0.25, 0.3) is 0 Å². The molecule has 0 aliphatic rings. The molecular weight excluding hydrogens is 430 g/mol. The van der Waals surface area contributed by atoms with Crippen molar-refractivity contribution in [3.63, 3.8) is 0 Å². The van der Waals surface area contributed by atoms with Crippen molar-refractivity contribution in [2.45, 2.75) is 0 Å². The summed E-state index contributed by atoms with van der Waals surface area (Å²) in [5.41, 5.74) is 0.301. The van der Waals surface area contributed by atoms with E-state index in [1.807, 2.05) is 36.4 Å². The van der Waals surface area contributed by atoms with E-state index in [1.54, 1.807) is 30.5 Å². The summed E-state index contributed by atoms with van der Waals surface area (Å²) in [6, 6.07) is 18.5. The molecule has 1 heterocycles. The summed E-state index contributed by atoms with van der Waals surface area (Å²) in [5, 5.41) is 1.95. The Balaban J connectivity index is 0.00000147. The van der Waals surface area contributed by atoms with Crippen molar-refractivity contribution in [3.8, 4) is 5.75 Å². The van der Waals surface area contributed by atoms with Crippen LogP contribution in [0.15, 0.2) is 66.9 Å². The van der Waals surface area contributed by atoms with Gasteiger partial charge < -0.3 is 4.74 Å². The Bertz CT molecular complexity index is 723. The van der Waals surface area contributed by atoms with Crippen LogP contribution in [0.4, 0.5) is 0 Å². The van der Waals surface area contributed by atoms with Gasteiger partial charge in [-0.2, -0.15) is 0 Å². The molecule has 0 fully saturated rings. The smallest absolute Gasteiger partial charge is 0.362 e. The van der Waals surface area contributed by atoms with Crippen LogP contribution in [0.2, 0.25) is 0 Å². The first-order chi connectivity index (χ1) is 9.34. The third kappa shape index (κ3) is 2.93. The molecule has 0 aliphatic heterocycles. The summed E-state index contributed by atoms with van der Waals surface area (Å²) in [6.45, 7) is 0. The van der Waals surface area contributed by atoms with Gasteiger partial charge in [-0.1, -0.05) is 42.5 Å². The summed E-state index contributed by atoms with van der Waals surface area (Å²) >= 11 is 0. The topological polar surface area (TPSA) is 39.2 Å². The number of fused-ring (bicyclic) bond motifs is 1. The molecule has 3 aromatic rings. The van der Waals surface area contributed by atoms with E-state index < -0.39 is 5.97 Å². The third-order valence-corrected chi connectivity index (χ3v) is 2.83. The molecule has 101 valence electrons. The second-order valence-corrected chi connectivity index (χ2v) is 4.08. The number of carbonyl (C=O) groups excluding carboxylic acids is 1. The zero-order valence-corrected chi connectivity index (χ0v) is 12.8. The largest absolute Gasteiger partial charge is 0.421 e.